The summed E-state index contributed by atoms with van der Waals surface area (Å²) >= 11 is 1.73. The molecule has 1 aromatic carbocycles. The summed E-state index contributed by atoms with van der Waals surface area (Å²) in [6.07, 6.45) is 3.81. The number of thioether (sulfide) groups is 1. The van der Waals surface area contributed by atoms with Crippen molar-refractivity contribution in [2.75, 3.05) is 32.5 Å². The van der Waals surface area contributed by atoms with Crippen molar-refractivity contribution in [1.82, 2.24) is 4.90 Å². The first-order valence-electron chi connectivity index (χ1n) is 6.97. The van der Waals surface area contributed by atoms with E-state index in [9.17, 15) is 4.79 Å². The highest BCUT2D eigenvalue weighted by atomic mass is 32.2. The van der Waals surface area contributed by atoms with Gasteiger partial charge in [0, 0.05) is 17.4 Å². The van der Waals surface area contributed by atoms with Crippen molar-refractivity contribution in [2.24, 2.45) is 11.7 Å². The van der Waals surface area contributed by atoms with Gasteiger partial charge in [-0.3, -0.25) is 9.69 Å². The number of carbonyl (C=O) groups excluding carboxylic acids is 1. The lowest BCUT2D eigenvalue weighted by atomic mass is 9.96. The summed E-state index contributed by atoms with van der Waals surface area (Å²) < 4.78 is 5.74. The van der Waals surface area contributed by atoms with Crippen LogP contribution in [0.25, 0.3) is 0 Å². The molecule has 0 atom stereocenters. The average molecular weight is 294 g/mol. The normalized spacial score (nSPS) is 17.1. The van der Waals surface area contributed by atoms with Crippen molar-refractivity contribution in [2.45, 2.75) is 17.7 Å². The number of ether oxygens (including phenoxy) is 1. The fourth-order valence-electron chi connectivity index (χ4n) is 2.41. The topological polar surface area (TPSA) is 55.6 Å². The van der Waals surface area contributed by atoms with E-state index < -0.39 is 0 Å². The molecule has 5 heteroatoms. The number of nitrogens with zero attached hydrogens (tertiary/aromatic N) is 1. The van der Waals surface area contributed by atoms with Crippen molar-refractivity contribution in [3.05, 3.63) is 24.3 Å². The zero-order chi connectivity index (χ0) is 14.4. The molecule has 20 heavy (non-hydrogen) atoms. The van der Waals surface area contributed by atoms with E-state index in [0.29, 0.717) is 6.61 Å². The summed E-state index contributed by atoms with van der Waals surface area (Å²) in [5.74, 6) is 0.816. The van der Waals surface area contributed by atoms with Gasteiger partial charge in [0.1, 0.15) is 12.4 Å². The van der Waals surface area contributed by atoms with E-state index in [-0.39, 0.29) is 11.8 Å². The van der Waals surface area contributed by atoms with Crippen molar-refractivity contribution < 1.29 is 9.53 Å². The lowest BCUT2D eigenvalue weighted by Crippen LogP contribution is -2.40. The molecule has 1 aromatic rings. The van der Waals surface area contributed by atoms with Crippen molar-refractivity contribution in [3.63, 3.8) is 0 Å². The second kappa shape index (κ2) is 7.55. The van der Waals surface area contributed by atoms with Crippen LogP contribution < -0.4 is 10.5 Å². The molecule has 4 nitrogen and oxygen atoms in total. The third-order valence-electron chi connectivity index (χ3n) is 3.73. The van der Waals surface area contributed by atoms with Gasteiger partial charge >= 0.3 is 0 Å². The number of likely N-dealkylation sites (tertiary alicyclic amines) is 1. The Morgan fingerprint density at radius 2 is 2.00 bits per heavy atom. The zero-order valence-electron chi connectivity index (χ0n) is 11.9. The van der Waals surface area contributed by atoms with Gasteiger partial charge in [-0.2, -0.15) is 0 Å². The molecule has 0 spiro atoms. The molecule has 1 aliphatic heterocycles. The Labute approximate surface area is 124 Å². The predicted molar refractivity (Wildman–Crippen MR) is 82.1 cm³/mol. The Morgan fingerprint density at radius 1 is 1.35 bits per heavy atom. The van der Waals surface area contributed by atoms with Crippen LogP contribution in [0.5, 0.6) is 5.75 Å². The van der Waals surface area contributed by atoms with Gasteiger partial charge in [-0.25, -0.2) is 0 Å². The van der Waals surface area contributed by atoms with Crippen LogP contribution in [-0.4, -0.2) is 43.3 Å². The van der Waals surface area contributed by atoms with Gasteiger partial charge < -0.3 is 10.5 Å². The van der Waals surface area contributed by atoms with Crippen LogP contribution in [-0.2, 0) is 4.79 Å². The molecule has 2 N–H and O–H groups in total. The van der Waals surface area contributed by atoms with Crippen molar-refractivity contribution >= 4 is 17.7 Å². The van der Waals surface area contributed by atoms with Crippen LogP contribution in [0.1, 0.15) is 12.8 Å². The maximum absolute atomic E-state index is 11.1. The van der Waals surface area contributed by atoms with Gasteiger partial charge in [-0.05, 0) is 56.5 Å². The highest BCUT2D eigenvalue weighted by molar-refractivity contribution is 7.98. The van der Waals surface area contributed by atoms with Gasteiger partial charge in [-0.15, -0.1) is 11.8 Å². The number of piperidine rings is 1. The lowest BCUT2D eigenvalue weighted by molar-refractivity contribution is -0.123. The van der Waals surface area contributed by atoms with E-state index in [0.717, 1.165) is 38.2 Å². The third-order valence-corrected chi connectivity index (χ3v) is 4.47. The van der Waals surface area contributed by atoms with Gasteiger partial charge in [0.05, 0.1) is 0 Å². The number of carbonyl (C=O) groups is 1. The molecule has 110 valence electrons. The summed E-state index contributed by atoms with van der Waals surface area (Å²) in [4.78, 5) is 14.7. The number of benzene rings is 1. The summed E-state index contributed by atoms with van der Waals surface area (Å²) in [5, 5.41) is 0. The molecule has 1 heterocycles. The molecule has 1 saturated heterocycles. The summed E-state index contributed by atoms with van der Waals surface area (Å²) in [6.45, 7) is 3.44. The molecular weight excluding hydrogens is 272 g/mol. The molecule has 0 radical (unpaired) electrons. The molecular formula is C15H22N2O2S. The summed E-state index contributed by atoms with van der Waals surface area (Å²) in [7, 11) is 0. The number of nitrogens with two attached hydrogens (primary N) is 1. The lowest BCUT2D eigenvalue weighted by Gasteiger charge is -2.30. The minimum absolute atomic E-state index is 0.0613. The minimum Gasteiger partial charge on any atom is -0.492 e. The average Bonchev–Trinajstić information content (AvgIpc) is 2.48. The van der Waals surface area contributed by atoms with Crippen LogP contribution >= 0.6 is 11.8 Å². The van der Waals surface area contributed by atoms with Crippen LogP contribution in [0.4, 0.5) is 0 Å². The number of hydrogen-bond donors (Lipinski definition) is 1. The molecule has 0 aliphatic carbocycles. The van der Waals surface area contributed by atoms with Gasteiger partial charge in [0.2, 0.25) is 5.91 Å². The highest BCUT2D eigenvalue weighted by Crippen LogP contribution is 2.19. The Balaban J connectivity index is 1.67. The number of primary amides is 1. The molecule has 1 aliphatic rings. The van der Waals surface area contributed by atoms with E-state index in [1.165, 1.54) is 4.90 Å². The first-order valence-corrected chi connectivity index (χ1v) is 8.20. The highest BCUT2D eigenvalue weighted by Gasteiger charge is 2.22. The maximum Gasteiger partial charge on any atom is 0.220 e. The monoisotopic (exact) mass is 294 g/mol. The van der Waals surface area contributed by atoms with E-state index in [1.54, 1.807) is 11.8 Å². The molecule has 2 rings (SSSR count). The van der Waals surface area contributed by atoms with Crippen LogP contribution in [0.2, 0.25) is 0 Å². The Bertz CT molecular complexity index is 428. The second-order valence-corrected chi connectivity index (χ2v) is 5.92. The summed E-state index contributed by atoms with van der Waals surface area (Å²) in [6, 6.07) is 8.15. The van der Waals surface area contributed by atoms with E-state index >= 15 is 0 Å². The van der Waals surface area contributed by atoms with Crippen LogP contribution in [0, 0.1) is 5.92 Å². The smallest absolute Gasteiger partial charge is 0.220 e. The number of rotatable bonds is 6. The first-order chi connectivity index (χ1) is 9.69. The quantitative estimate of drug-likeness (QED) is 0.815. The van der Waals surface area contributed by atoms with Gasteiger partial charge in [-0.1, -0.05) is 0 Å². The second-order valence-electron chi connectivity index (χ2n) is 5.04. The third kappa shape index (κ3) is 4.42. The zero-order valence-corrected chi connectivity index (χ0v) is 12.7. The van der Waals surface area contributed by atoms with E-state index in [1.807, 2.05) is 12.1 Å². The van der Waals surface area contributed by atoms with Crippen molar-refractivity contribution in [1.29, 1.82) is 0 Å². The fourth-order valence-corrected chi connectivity index (χ4v) is 2.81. The summed E-state index contributed by atoms with van der Waals surface area (Å²) in [5.41, 5.74) is 5.33. The van der Waals surface area contributed by atoms with Gasteiger partial charge in [0.25, 0.3) is 0 Å². The molecule has 0 aromatic heterocycles. The predicted octanol–water partition coefficient (Wildman–Crippen LogP) is 1.98. The molecule has 1 amide bonds. The Morgan fingerprint density at radius 3 is 2.55 bits per heavy atom. The standard InChI is InChI=1S/C15H22N2O2S/c1-20-14-4-2-13(3-5-14)19-11-10-17-8-6-12(7-9-17)15(16)18/h2-5,12H,6-11H2,1H3,(H2,16,18). The molecule has 0 unspecified atom stereocenters. The maximum atomic E-state index is 11.1. The Hall–Kier alpha value is -1.20. The van der Waals surface area contributed by atoms with Gasteiger partial charge in [0.15, 0.2) is 0 Å². The first kappa shape index (κ1) is 15.2. The van der Waals surface area contributed by atoms with Crippen molar-refractivity contribution in [3.8, 4) is 5.75 Å². The van der Waals surface area contributed by atoms with Crippen LogP contribution in [0.3, 0.4) is 0 Å². The van der Waals surface area contributed by atoms with E-state index in [4.69, 9.17) is 10.5 Å². The minimum atomic E-state index is -0.158. The number of hydrogen-bond acceptors (Lipinski definition) is 4. The molecule has 0 saturated carbocycles. The van der Waals surface area contributed by atoms with Crippen LogP contribution in [0.15, 0.2) is 29.2 Å². The molecule has 0 bridgehead atoms. The Kier molecular flexibility index (Phi) is 5.73. The molecule has 1 fully saturated rings. The van der Waals surface area contributed by atoms with E-state index in [2.05, 4.69) is 23.3 Å². The fraction of sp³-hybridized carbons (Fsp3) is 0.533. The SMILES string of the molecule is CSc1ccc(OCCN2CCC(C(N)=O)CC2)cc1. The largest absolute Gasteiger partial charge is 0.492 e. The number of amides is 1.